The van der Waals surface area contributed by atoms with E-state index in [0.29, 0.717) is 16.1 Å². The average Bonchev–Trinajstić information content (AvgIpc) is 3.08. The molecule has 3 rings (SSSR count). The van der Waals surface area contributed by atoms with Crippen molar-refractivity contribution in [3.8, 4) is 10.6 Å². The molecule has 1 aromatic heterocycles. The van der Waals surface area contributed by atoms with Gasteiger partial charge >= 0.3 is 5.97 Å². The van der Waals surface area contributed by atoms with Crippen molar-refractivity contribution in [1.29, 1.82) is 0 Å². The molecular weight excluding hydrogens is 379 g/mol. The highest BCUT2D eigenvalue weighted by molar-refractivity contribution is 7.94. The van der Waals surface area contributed by atoms with Crippen molar-refractivity contribution in [3.63, 3.8) is 0 Å². The number of thiazole rings is 1. The normalized spacial score (nSPS) is 11.3. The molecular formula is C17H13FN2O4S2. The van der Waals surface area contributed by atoms with E-state index in [2.05, 4.69) is 9.71 Å². The van der Waals surface area contributed by atoms with Gasteiger partial charge in [0.1, 0.15) is 10.8 Å². The first-order chi connectivity index (χ1) is 12.3. The highest BCUT2D eigenvalue weighted by Gasteiger charge is 2.22. The zero-order chi connectivity index (χ0) is 18.9. The largest absolute Gasteiger partial charge is 0.478 e. The molecule has 6 nitrogen and oxygen atoms in total. The monoisotopic (exact) mass is 392 g/mol. The van der Waals surface area contributed by atoms with Crippen molar-refractivity contribution in [2.45, 2.75) is 11.1 Å². The lowest BCUT2D eigenvalue weighted by Crippen LogP contribution is -2.15. The number of sulfonamides is 1. The Bertz CT molecular complexity index is 1080. The van der Waals surface area contributed by atoms with Crippen LogP contribution in [0.4, 0.5) is 10.1 Å². The predicted molar refractivity (Wildman–Crippen MR) is 96.5 cm³/mol. The number of hydrogen-bond acceptors (Lipinski definition) is 5. The fourth-order valence-corrected chi connectivity index (χ4v) is 4.56. The number of halogens is 1. The van der Waals surface area contributed by atoms with Gasteiger partial charge in [0.25, 0.3) is 10.0 Å². The lowest BCUT2D eigenvalue weighted by Gasteiger charge is -2.11. The highest BCUT2D eigenvalue weighted by atomic mass is 32.2. The molecule has 26 heavy (non-hydrogen) atoms. The van der Waals surface area contributed by atoms with Gasteiger partial charge in [0.2, 0.25) is 0 Å². The number of rotatable bonds is 5. The van der Waals surface area contributed by atoms with Crippen molar-refractivity contribution < 1.29 is 22.7 Å². The third kappa shape index (κ3) is 3.58. The Morgan fingerprint density at radius 3 is 2.54 bits per heavy atom. The molecule has 0 aliphatic rings. The van der Waals surface area contributed by atoms with Crippen LogP contribution in [0.2, 0.25) is 0 Å². The van der Waals surface area contributed by atoms with Crippen LogP contribution in [0.15, 0.2) is 52.9 Å². The van der Waals surface area contributed by atoms with Crippen LogP contribution in [0, 0.1) is 12.7 Å². The third-order valence-corrected chi connectivity index (χ3v) is 6.44. The number of aromatic carboxylic acids is 1. The van der Waals surface area contributed by atoms with Gasteiger partial charge in [-0.15, -0.1) is 11.3 Å². The molecule has 0 saturated carbocycles. The van der Waals surface area contributed by atoms with E-state index in [0.717, 1.165) is 11.3 Å². The molecule has 0 aliphatic carbocycles. The average molecular weight is 392 g/mol. The molecule has 134 valence electrons. The van der Waals surface area contributed by atoms with Gasteiger partial charge in [-0.2, -0.15) is 0 Å². The van der Waals surface area contributed by atoms with E-state index in [4.69, 9.17) is 0 Å². The number of para-hydroxylation sites is 1. The zero-order valence-corrected chi connectivity index (χ0v) is 15.1. The Labute approximate surface area is 153 Å². The summed E-state index contributed by atoms with van der Waals surface area (Å²) in [6.07, 6.45) is 1.18. The van der Waals surface area contributed by atoms with Gasteiger partial charge in [-0.25, -0.2) is 22.6 Å². The summed E-state index contributed by atoms with van der Waals surface area (Å²) in [4.78, 5) is 15.4. The molecule has 0 fully saturated rings. The van der Waals surface area contributed by atoms with E-state index in [1.54, 1.807) is 13.0 Å². The second-order valence-corrected chi connectivity index (χ2v) is 8.34. The number of carboxylic acids is 1. The third-order valence-electron chi connectivity index (χ3n) is 3.58. The van der Waals surface area contributed by atoms with Gasteiger partial charge in [0.05, 0.1) is 17.4 Å². The summed E-state index contributed by atoms with van der Waals surface area (Å²) in [5, 5.41) is 9.67. The molecule has 1 heterocycles. The Morgan fingerprint density at radius 2 is 1.88 bits per heavy atom. The first-order valence-corrected chi connectivity index (χ1v) is 9.65. The molecule has 0 saturated heterocycles. The summed E-state index contributed by atoms with van der Waals surface area (Å²) in [5.41, 5.74) is 0.935. The van der Waals surface area contributed by atoms with E-state index in [1.165, 1.54) is 42.6 Å². The van der Waals surface area contributed by atoms with Crippen molar-refractivity contribution in [3.05, 3.63) is 65.6 Å². The number of nitrogens with one attached hydrogen (secondary N) is 1. The van der Waals surface area contributed by atoms with E-state index in [9.17, 15) is 22.7 Å². The van der Waals surface area contributed by atoms with Crippen molar-refractivity contribution in [2.75, 3.05) is 4.72 Å². The molecule has 0 atom stereocenters. The summed E-state index contributed by atoms with van der Waals surface area (Å²) < 4.78 is 40.5. The smallest absolute Gasteiger partial charge is 0.337 e. The Hall–Kier alpha value is -2.78. The maximum Gasteiger partial charge on any atom is 0.337 e. The molecule has 0 spiro atoms. The molecule has 2 N–H and O–H groups in total. The summed E-state index contributed by atoms with van der Waals surface area (Å²) >= 11 is 0.907. The van der Waals surface area contributed by atoms with Gasteiger partial charge in [-0.3, -0.25) is 4.72 Å². The summed E-state index contributed by atoms with van der Waals surface area (Å²) in [6.45, 7) is 1.61. The van der Waals surface area contributed by atoms with E-state index >= 15 is 0 Å². The number of aromatic nitrogens is 1. The lowest BCUT2D eigenvalue weighted by molar-refractivity contribution is 0.0698. The maximum atomic E-state index is 13.0. The van der Waals surface area contributed by atoms with Gasteiger partial charge < -0.3 is 5.11 Å². The molecule has 0 amide bonds. The minimum Gasteiger partial charge on any atom is -0.478 e. The molecule has 0 bridgehead atoms. The van der Waals surface area contributed by atoms with E-state index in [-0.39, 0.29) is 15.5 Å². The van der Waals surface area contributed by atoms with Crippen LogP contribution in [-0.2, 0) is 10.0 Å². The Morgan fingerprint density at radius 1 is 1.19 bits per heavy atom. The van der Waals surface area contributed by atoms with E-state index < -0.39 is 21.8 Å². The van der Waals surface area contributed by atoms with Crippen molar-refractivity contribution in [2.24, 2.45) is 0 Å². The molecule has 3 aromatic rings. The topological polar surface area (TPSA) is 96.4 Å². The van der Waals surface area contributed by atoms with Gasteiger partial charge in [-0.1, -0.05) is 12.1 Å². The second kappa shape index (κ2) is 6.85. The number of nitrogens with zero attached hydrogens (tertiary/aromatic N) is 1. The summed E-state index contributed by atoms with van der Waals surface area (Å²) in [5.74, 6) is -1.64. The number of benzene rings is 2. The molecule has 2 aromatic carbocycles. The van der Waals surface area contributed by atoms with Crippen LogP contribution in [-0.4, -0.2) is 24.5 Å². The van der Waals surface area contributed by atoms with Gasteiger partial charge in [-0.05, 0) is 42.8 Å². The standard InChI is InChI=1S/C17H13FN2O4S2/c1-10-3-2-4-13(17(21)22)15(10)20-26(23,24)14-9-19-16(25-14)11-5-7-12(18)8-6-11/h2-9,20H,1H3,(H,21,22). The Balaban J connectivity index is 1.95. The predicted octanol–water partition coefficient (Wildman–Crippen LogP) is 3.76. The zero-order valence-electron chi connectivity index (χ0n) is 13.4. The van der Waals surface area contributed by atoms with Crippen LogP contribution in [0.25, 0.3) is 10.6 Å². The van der Waals surface area contributed by atoms with Crippen molar-refractivity contribution in [1.82, 2.24) is 4.98 Å². The number of aryl methyl sites for hydroxylation is 1. The van der Waals surface area contributed by atoms with E-state index in [1.807, 2.05) is 0 Å². The van der Waals surface area contributed by atoms with Crippen LogP contribution in [0.5, 0.6) is 0 Å². The van der Waals surface area contributed by atoms with Crippen LogP contribution in [0.1, 0.15) is 15.9 Å². The highest BCUT2D eigenvalue weighted by Crippen LogP contribution is 2.30. The van der Waals surface area contributed by atoms with Crippen LogP contribution < -0.4 is 4.72 Å². The minimum absolute atomic E-state index is 0.0109. The van der Waals surface area contributed by atoms with Crippen LogP contribution in [0.3, 0.4) is 0 Å². The fourth-order valence-electron chi connectivity index (χ4n) is 2.28. The van der Waals surface area contributed by atoms with Gasteiger partial charge in [0, 0.05) is 5.56 Å². The SMILES string of the molecule is Cc1cccc(C(=O)O)c1NS(=O)(=O)c1cnc(-c2ccc(F)cc2)s1. The second-order valence-electron chi connectivity index (χ2n) is 5.40. The quantitative estimate of drug-likeness (QED) is 0.689. The molecule has 0 aliphatic heterocycles. The van der Waals surface area contributed by atoms with Crippen molar-refractivity contribution >= 4 is 33.0 Å². The molecule has 0 unspecified atom stereocenters. The number of hydrogen-bond donors (Lipinski definition) is 2. The number of anilines is 1. The fraction of sp³-hybridized carbons (Fsp3) is 0.0588. The number of carbonyl (C=O) groups is 1. The number of carboxylic acid groups (broad SMARTS) is 1. The Kier molecular flexibility index (Phi) is 4.75. The summed E-state index contributed by atoms with van der Waals surface area (Å²) in [7, 11) is -4.02. The van der Waals surface area contributed by atoms with Gasteiger partial charge in [0.15, 0.2) is 4.21 Å². The lowest BCUT2D eigenvalue weighted by atomic mass is 10.1. The van der Waals surface area contributed by atoms with Crippen LogP contribution >= 0.6 is 11.3 Å². The summed E-state index contributed by atoms with van der Waals surface area (Å²) in [6, 6.07) is 10.00. The molecule has 0 radical (unpaired) electrons. The molecule has 9 heteroatoms. The minimum atomic E-state index is -4.02. The first kappa shape index (κ1) is 18.0. The first-order valence-electron chi connectivity index (χ1n) is 7.35. The maximum absolute atomic E-state index is 13.0.